The van der Waals surface area contributed by atoms with Gasteiger partial charge in [0.15, 0.2) is 5.11 Å². The fraction of sp³-hybridized carbons (Fsp3) is 0.500. The van der Waals surface area contributed by atoms with Crippen molar-refractivity contribution in [2.24, 2.45) is 5.10 Å². The normalized spacial score (nSPS) is 14.7. The summed E-state index contributed by atoms with van der Waals surface area (Å²) in [7, 11) is 0. The largest absolute Gasteiger partial charge is 0.382 e. The smallest absolute Gasteiger partial charge is 0.227 e. The first-order chi connectivity index (χ1) is 12.1. The second kappa shape index (κ2) is 10.1. The van der Waals surface area contributed by atoms with Crippen LogP contribution in [-0.2, 0) is 9.53 Å². The third-order valence-corrected chi connectivity index (χ3v) is 4.19. The molecule has 1 heterocycles. The molecule has 1 amide bonds. The molecule has 6 nitrogen and oxygen atoms in total. The summed E-state index contributed by atoms with van der Waals surface area (Å²) >= 11 is 5.19. The Bertz CT molecular complexity index is 616. The minimum absolute atomic E-state index is 0.195. The van der Waals surface area contributed by atoms with Gasteiger partial charge < -0.3 is 15.0 Å². The number of rotatable bonds is 8. The molecule has 1 aromatic carbocycles. The maximum Gasteiger partial charge on any atom is 0.227 e. The van der Waals surface area contributed by atoms with Gasteiger partial charge in [-0.3, -0.25) is 10.2 Å². The summed E-state index contributed by atoms with van der Waals surface area (Å²) in [6, 6.07) is 7.86. The molecule has 7 heteroatoms. The maximum atomic E-state index is 11.8. The average Bonchev–Trinajstić information content (AvgIpc) is 3.05. The van der Waals surface area contributed by atoms with Gasteiger partial charge in [-0.1, -0.05) is 12.1 Å². The van der Waals surface area contributed by atoms with Crippen LogP contribution in [0.4, 0.5) is 5.69 Å². The van der Waals surface area contributed by atoms with E-state index in [1.54, 1.807) is 0 Å². The molecular formula is C18H26N4O2S. The summed E-state index contributed by atoms with van der Waals surface area (Å²) < 4.78 is 5.27. The molecule has 0 spiro atoms. The number of hydrazone groups is 1. The first-order valence-electron chi connectivity index (χ1n) is 8.68. The Hall–Kier alpha value is -1.99. The van der Waals surface area contributed by atoms with Gasteiger partial charge in [0.1, 0.15) is 0 Å². The number of hydrogen-bond acceptors (Lipinski definition) is 4. The molecule has 0 aromatic heterocycles. The number of hydrogen-bond donors (Lipinski definition) is 2. The van der Waals surface area contributed by atoms with Gasteiger partial charge in [-0.15, -0.1) is 0 Å². The molecule has 0 aliphatic carbocycles. The molecule has 0 unspecified atom stereocenters. The van der Waals surface area contributed by atoms with E-state index in [0.717, 1.165) is 56.1 Å². The van der Waals surface area contributed by atoms with E-state index >= 15 is 0 Å². The number of nitrogens with one attached hydrogen (secondary N) is 2. The van der Waals surface area contributed by atoms with Crippen LogP contribution in [0.25, 0.3) is 0 Å². The summed E-state index contributed by atoms with van der Waals surface area (Å²) in [5.41, 5.74) is 5.61. The van der Waals surface area contributed by atoms with Crippen LogP contribution < -0.4 is 15.6 Å². The first-order valence-corrected chi connectivity index (χ1v) is 9.09. The number of amides is 1. The molecule has 1 aromatic rings. The molecule has 1 fully saturated rings. The Morgan fingerprint density at radius 3 is 2.76 bits per heavy atom. The van der Waals surface area contributed by atoms with E-state index in [0.29, 0.717) is 11.5 Å². The van der Waals surface area contributed by atoms with E-state index in [-0.39, 0.29) is 5.91 Å². The lowest BCUT2D eigenvalue weighted by Gasteiger charge is -2.16. The number of carbonyl (C=O) groups is 1. The predicted molar refractivity (Wildman–Crippen MR) is 105 cm³/mol. The molecule has 0 saturated carbocycles. The Morgan fingerprint density at radius 2 is 2.12 bits per heavy atom. The zero-order chi connectivity index (χ0) is 18.1. The highest BCUT2D eigenvalue weighted by Crippen LogP contribution is 2.21. The molecule has 2 rings (SSSR count). The number of ether oxygens (including phenoxy) is 1. The van der Waals surface area contributed by atoms with Crippen molar-refractivity contribution < 1.29 is 9.53 Å². The van der Waals surface area contributed by atoms with Crippen LogP contribution >= 0.6 is 12.2 Å². The van der Waals surface area contributed by atoms with Crippen molar-refractivity contribution in [1.82, 2.24) is 10.7 Å². The lowest BCUT2D eigenvalue weighted by molar-refractivity contribution is -0.117. The molecule has 1 saturated heterocycles. The second-order valence-corrected chi connectivity index (χ2v) is 6.22. The van der Waals surface area contributed by atoms with Crippen LogP contribution in [0.5, 0.6) is 0 Å². The lowest BCUT2D eigenvalue weighted by atomic mass is 10.1. The summed E-state index contributed by atoms with van der Waals surface area (Å²) in [4.78, 5) is 13.6. The van der Waals surface area contributed by atoms with Crippen LogP contribution in [-0.4, -0.2) is 43.0 Å². The molecule has 0 radical (unpaired) electrons. The SMILES string of the molecule is CCOCCCNC(=S)N/N=C(/C)c1ccc(N2CCCC2=O)cc1. The van der Waals surface area contributed by atoms with Crippen molar-refractivity contribution in [3.05, 3.63) is 29.8 Å². The molecule has 2 N–H and O–H groups in total. The molecular weight excluding hydrogens is 336 g/mol. The van der Waals surface area contributed by atoms with Gasteiger partial charge in [0.2, 0.25) is 5.91 Å². The highest BCUT2D eigenvalue weighted by Gasteiger charge is 2.21. The lowest BCUT2D eigenvalue weighted by Crippen LogP contribution is -2.33. The van der Waals surface area contributed by atoms with Gasteiger partial charge in [0, 0.05) is 38.4 Å². The zero-order valence-corrected chi connectivity index (χ0v) is 15.7. The van der Waals surface area contributed by atoms with Crippen molar-refractivity contribution in [1.29, 1.82) is 0 Å². The van der Waals surface area contributed by atoms with E-state index in [4.69, 9.17) is 17.0 Å². The standard InChI is InChI=1S/C18H26N4O2S/c1-3-24-13-5-11-19-18(25)21-20-14(2)15-7-9-16(10-8-15)22-12-4-6-17(22)23/h7-10H,3-6,11-13H2,1-2H3,(H2,19,21,25)/b20-14-. The van der Waals surface area contributed by atoms with Crippen LogP contribution in [0, 0.1) is 0 Å². The quantitative estimate of drug-likeness (QED) is 0.322. The summed E-state index contributed by atoms with van der Waals surface area (Å²) in [5.74, 6) is 0.195. The zero-order valence-electron chi connectivity index (χ0n) is 14.9. The molecule has 1 aliphatic rings. The van der Waals surface area contributed by atoms with Crippen molar-refractivity contribution in [2.75, 3.05) is 31.2 Å². The molecule has 136 valence electrons. The van der Waals surface area contributed by atoms with Crippen LogP contribution in [0.2, 0.25) is 0 Å². The van der Waals surface area contributed by atoms with Crippen LogP contribution in [0.3, 0.4) is 0 Å². The number of anilines is 1. The van der Waals surface area contributed by atoms with E-state index in [1.165, 1.54) is 0 Å². The van der Waals surface area contributed by atoms with Crippen LogP contribution in [0.1, 0.15) is 38.7 Å². The van der Waals surface area contributed by atoms with E-state index in [1.807, 2.05) is 43.0 Å². The minimum Gasteiger partial charge on any atom is -0.382 e. The van der Waals surface area contributed by atoms with Crippen LogP contribution in [0.15, 0.2) is 29.4 Å². The van der Waals surface area contributed by atoms with Gasteiger partial charge in [0.25, 0.3) is 0 Å². The maximum absolute atomic E-state index is 11.8. The fourth-order valence-corrected chi connectivity index (χ4v) is 2.71. The number of nitrogens with zero attached hydrogens (tertiary/aromatic N) is 2. The Morgan fingerprint density at radius 1 is 1.36 bits per heavy atom. The molecule has 25 heavy (non-hydrogen) atoms. The van der Waals surface area contributed by atoms with E-state index < -0.39 is 0 Å². The monoisotopic (exact) mass is 362 g/mol. The predicted octanol–water partition coefficient (Wildman–Crippen LogP) is 2.43. The van der Waals surface area contributed by atoms with Crippen molar-refractivity contribution in [3.63, 3.8) is 0 Å². The van der Waals surface area contributed by atoms with E-state index in [2.05, 4.69) is 15.8 Å². The van der Waals surface area contributed by atoms with Gasteiger partial charge in [-0.05, 0) is 56.6 Å². The molecule has 0 atom stereocenters. The number of thiocarbonyl (C=S) groups is 1. The van der Waals surface area contributed by atoms with Gasteiger partial charge in [-0.25, -0.2) is 0 Å². The second-order valence-electron chi connectivity index (χ2n) is 5.81. The number of benzene rings is 1. The summed E-state index contributed by atoms with van der Waals surface area (Å²) in [5, 5.41) is 7.89. The van der Waals surface area contributed by atoms with Gasteiger partial charge in [-0.2, -0.15) is 5.10 Å². The summed E-state index contributed by atoms with van der Waals surface area (Å²) in [6.07, 6.45) is 2.47. The highest BCUT2D eigenvalue weighted by molar-refractivity contribution is 7.80. The van der Waals surface area contributed by atoms with Crippen molar-refractivity contribution >= 4 is 34.6 Å². The number of carbonyl (C=O) groups excluding carboxylic acids is 1. The molecule has 1 aliphatic heterocycles. The minimum atomic E-state index is 0.195. The first kappa shape index (κ1) is 19.3. The van der Waals surface area contributed by atoms with Crippen molar-refractivity contribution in [3.8, 4) is 0 Å². The highest BCUT2D eigenvalue weighted by atomic mass is 32.1. The van der Waals surface area contributed by atoms with Gasteiger partial charge in [0.05, 0.1) is 5.71 Å². The third kappa shape index (κ3) is 6.10. The Kier molecular flexibility index (Phi) is 7.81. The van der Waals surface area contributed by atoms with Gasteiger partial charge >= 0.3 is 0 Å². The molecule has 0 bridgehead atoms. The summed E-state index contributed by atoms with van der Waals surface area (Å²) in [6.45, 7) is 6.90. The average molecular weight is 362 g/mol. The topological polar surface area (TPSA) is 66.0 Å². The van der Waals surface area contributed by atoms with Crippen molar-refractivity contribution in [2.45, 2.75) is 33.1 Å². The van der Waals surface area contributed by atoms with E-state index in [9.17, 15) is 4.79 Å². The Labute approximate surface area is 154 Å². The third-order valence-electron chi connectivity index (χ3n) is 3.95. The Balaban J connectivity index is 1.81. The fourth-order valence-electron chi connectivity index (χ4n) is 2.56.